The summed E-state index contributed by atoms with van der Waals surface area (Å²) in [6.07, 6.45) is 5.08. The minimum absolute atomic E-state index is 0.318. The molecule has 5 nitrogen and oxygen atoms in total. The van der Waals surface area contributed by atoms with Crippen molar-refractivity contribution in [2.24, 2.45) is 0 Å². The van der Waals surface area contributed by atoms with Crippen molar-refractivity contribution in [3.63, 3.8) is 0 Å². The van der Waals surface area contributed by atoms with Crippen molar-refractivity contribution in [2.75, 3.05) is 26.9 Å². The van der Waals surface area contributed by atoms with Gasteiger partial charge in [-0.15, -0.1) is 0 Å². The van der Waals surface area contributed by atoms with Crippen LogP contribution in [0, 0.1) is 0 Å². The van der Waals surface area contributed by atoms with Crippen LogP contribution in [0.25, 0.3) is 0 Å². The molecule has 0 amide bonds. The molecular formula is C15H34NO4P. The van der Waals surface area contributed by atoms with Crippen molar-refractivity contribution in [1.82, 2.24) is 5.32 Å². The SMILES string of the molecule is C=C(CC)NCCCCCCOP(=O)(OC)OCC.CC. The van der Waals surface area contributed by atoms with Crippen LogP contribution < -0.4 is 5.32 Å². The predicted octanol–water partition coefficient (Wildman–Crippen LogP) is 4.89. The van der Waals surface area contributed by atoms with E-state index in [9.17, 15) is 4.57 Å². The highest BCUT2D eigenvalue weighted by Crippen LogP contribution is 2.48. The second-order valence-electron chi connectivity index (χ2n) is 4.18. The predicted molar refractivity (Wildman–Crippen MR) is 89.4 cm³/mol. The molecule has 0 aliphatic carbocycles. The highest BCUT2D eigenvalue weighted by Gasteiger charge is 2.23. The van der Waals surface area contributed by atoms with Crippen LogP contribution >= 0.6 is 7.82 Å². The summed E-state index contributed by atoms with van der Waals surface area (Å²) in [6.45, 7) is 13.4. The lowest BCUT2D eigenvalue weighted by atomic mass is 10.2. The average Bonchev–Trinajstić information content (AvgIpc) is 2.51. The van der Waals surface area contributed by atoms with Gasteiger partial charge in [0.25, 0.3) is 0 Å². The van der Waals surface area contributed by atoms with Gasteiger partial charge in [0.2, 0.25) is 0 Å². The molecule has 21 heavy (non-hydrogen) atoms. The molecule has 0 bridgehead atoms. The van der Waals surface area contributed by atoms with Crippen LogP contribution in [0.4, 0.5) is 0 Å². The lowest BCUT2D eigenvalue weighted by Crippen LogP contribution is -2.13. The van der Waals surface area contributed by atoms with Gasteiger partial charge in [-0.2, -0.15) is 0 Å². The van der Waals surface area contributed by atoms with Crippen molar-refractivity contribution >= 4 is 7.82 Å². The van der Waals surface area contributed by atoms with Gasteiger partial charge < -0.3 is 5.32 Å². The van der Waals surface area contributed by atoms with Crippen LogP contribution in [0.1, 0.15) is 59.8 Å². The zero-order valence-corrected chi connectivity index (χ0v) is 15.3. The summed E-state index contributed by atoms with van der Waals surface area (Å²) in [5, 5.41) is 3.26. The van der Waals surface area contributed by atoms with Crippen molar-refractivity contribution in [3.8, 4) is 0 Å². The summed E-state index contributed by atoms with van der Waals surface area (Å²) in [4.78, 5) is 0. The lowest BCUT2D eigenvalue weighted by Gasteiger charge is -2.14. The fraction of sp³-hybridized carbons (Fsp3) is 0.867. The third kappa shape index (κ3) is 14.4. The molecule has 0 aromatic heterocycles. The molecule has 0 aliphatic heterocycles. The Morgan fingerprint density at radius 2 is 1.71 bits per heavy atom. The number of phosphoric ester groups is 1. The summed E-state index contributed by atoms with van der Waals surface area (Å²) in [5.74, 6) is 0. The molecule has 0 aliphatic rings. The molecule has 0 rings (SSSR count). The first-order valence-corrected chi connectivity index (χ1v) is 9.40. The smallest absolute Gasteiger partial charge is 0.389 e. The number of rotatable bonds is 13. The van der Waals surface area contributed by atoms with Gasteiger partial charge in [-0.3, -0.25) is 13.6 Å². The maximum absolute atomic E-state index is 11.7. The van der Waals surface area contributed by atoms with Gasteiger partial charge in [0.15, 0.2) is 0 Å². The molecule has 0 aromatic rings. The Morgan fingerprint density at radius 3 is 2.24 bits per heavy atom. The van der Waals surface area contributed by atoms with Crippen LogP contribution in [0.3, 0.4) is 0 Å². The van der Waals surface area contributed by atoms with Crippen molar-refractivity contribution in [1.29, 1.82) is 0 Å². The molecule has 0 saturated heterocycles. The van der Waals surface area contributed by atoms with Gasteiger partial charge in [-0.1, -0.05) is 40.2 Å². The first-order chi connectivity index (χ1) is 10.1. The Bertz CT molecular complexity index is 285. The number of allylic oxidation sites excluding steroid dienone is 1. The van der Waals surface area contributed by atoms with Crippen molar-refractivity contribution in [3.05, 3.63) is 12.3 Å². The first-order valence-electron chi connectivity index (χ1n) is 7.94. The third-order valence-corrected chi connectivity index (χ3v) is 4.15. The van der Waals surface area contributed by atoms with Gasteiger partial charge >= 0.3 is 7.82 Å². The van der Waals surface area contributed by atoms with Crippen LogP contribution in [-0.2, 0) is 18.1 Å². The minimum Gasteiger partial charge on any atom is -0.389 e. The van der Waals surface area contributed by atoms with Gasteiger partial charge in [-0.25, -0.2) is 4.57 Å². The summed E-state index contributed by atoms with van der Waals surface area (Å²) in [6, 6.07) is 0. The Labute approximate surface area is 131 Å². The standard InChI is InChI=1S/C13H28NO4P.C2H6/c1-5-13(3)14-11-9-7-8-10-12-18-19(15,16-4)17-6-2;1-2/h14H,3,5-12H2,1-2,4H3;1-2H3. The minimum atomic E-state index is -3.30. The Hall–Kier alpha value is -0.350. The van der Waals surface area contributed by atoms with E-state index >= 15 is 0 Å². The molecule has 0 fully saturated rings. The van der Waals surface area contributed by atoms with Gasteiger partial charge in [0.1, 0.15) is 0 Å². The maximum atomic E-state index is 11.7. The summed E-state index contributed by atoms with van der Waals surface area (Å²) in [7, 11) is -1.97. The molecule has 0 saturated carbocycles. The van der Waals surface area contributed by atoms with E-state index in [2.05, 4.69) is 18.8 Å². The molecule has 0 spiro atoms. The van der Waals surface area contributed by atoms with Crippen LogP contribution in [-0.4, -0.2) is 26.9 Å². The summed E-state index contributed by atoms with van der Waals surface area (Å²) >= 11 is 0. The van der Waals surface area contributed by atoms with Gasteiger partial charge in [-0.05, 0) is 26.2 Å². The quantitative estimate of drug-likeness (QED) is 0.386. The molecule has 128 valence electrons. The van der Waals surface area contributed by atoms with Crippen LogP contribution in [0.5, 0.6) is 0 Å². The van der Waals surface area contributed by atoms with E-state index in [0.29, 0.717) is 13.2 Å². The lowest BCUT2D eigenvalue weighted by molar-refractivity contribution is 0.134. The summed E-state index contributed by atoms with van der Waals surface area (Å²) in [5.41, 5.74) is 1.08. The molecule has 0 heterocycles. The normalized spacial score (nSPS) is 13.0. The first kappa shape index (κ1) is 22.9. The van der Waals surface area contributed by atoms with E-state index < -0.39 is 7.82 Å². The zero-order valence-electron chi connectivity index (χ0n) is 14.4. The largest absolute Gasteiger partial charge is 0.474 e. The third-order valence-electron chi connectivity index (χ3n) is 2.63. The van der Waals surface area contributed by atoms with E-state index in [1.165, 1.54) is 7.11 Å². The molecule has 1 N–H and O–H groups in total. The number of hydrogen-bond acceptors (Lipinski definition) is 5. The molecular weight excluding hydrogens is 289 g/mol. The molecule has 0 radical (unpaired) electrons. The molecule has 1 atom stereocenters. The number of phosphoric acid groups is 1. The average molecular weight is 323 g/mol. The van der Waals surface area contributed by atoms with E-state index in [4.69, 9.17) is 13.6 Å². The highest BCUT2D eigenvalue weighted by atomic mass is 31.2. The molecule has 6 heteroatoms. The van der Waals surface area contributed by atoms with E-state index in [0.717, 1.165) is 44.3 Å². The van der Waals surface area contributed by atoms with Gasteiger partial charge in [0.05, 0.1) is 13.2 Å². The Morgan fingerprint density at radius 1 is 1.10 bits per heavy atom. The maximum Gasteiger partial charge on any atom is 0.474 e. The van der Waals surface area contributed by atoms with Crippen LogP contribution in [0.15, 0.2) is 12.3 Å². The van der Waals surface area contributed by atoms with E-state index in [1.54, 1.807) is 6.92 Å². The van der Waals surface area contributed by atoms with Crippen LogP contribution in [0.2, 0.25) is 0 Å². The van der Waals surface area contributed by atoms with Gasteiger partial charge in [0, 0.05) is 19.4 Å². The topological polar surface area (TPSA) is 56.8 Å². The number of nitrogens with one attached hydrogen (secondary N) is 1. The second-order valence-corrected chi connectivity index (χ2v) is 5.95. The van der Waals surface area contributed by atoms with Crippen molar-refractivity contribution in [2.45, 2.75) is 59.8 Å². The van der Waals surface area contributed by atoms with Crippen molar-refractivity contribution < 1.29 is 18.1 Å². The van der Waals surface area contributed by atoms with E-state index in [1.807, 2.05) is 13.8 Å². The highest BCUT2D eigenvalue weighted by molar-refractivity contribution is 7.48. The number of hydrogen-bond donors (Lipinski definition) is 1. The number of unbranched alkanes of at least 4 members (excludes halogenated alkanes) is 3. The summed E-state index contributed by atoms with van der Waals surface area (Å²) < 4.78 is 26.6. The Kier molecular flexibility index (Phi) is 17.5. The second kappa shape index (κ2) is 16.0. The monoisotopic (exact) mass is 323 g/mol. The Balaban J connectivity index is 0. The van der Waals surface area contributed by atoms with E-state index in [-0.39, 0.29) is 0 Å². The molecule has 0 aromatic carbocycles. The fourth-order valence-corrected chi connectivity index (χ4v) is 2.40. The fourth-order valence-electron chi connectivity index (χ4n) is 1.45. The molecule has 1 unspecified atom stereocenters. The zero-order chi connectivity index (χ0) is 16.6.